The number of nitrogens with zero attached hydrogens (tertiary/aromatic N) is 2. The molecule has 0 heterocycles. The molecule has 0 aromatic rings. The van der Waals surface area contributed by atoms with Crippen LogP contribution in [0.25, 0.3) is 0 Å². The van der Waals surface area contributed by atoms with Crippen LogP contribution in [0.3, 0.4) is 0 Å². The molecule has 4 radical (unpaired) electrons. The fraction of sp³-hybridized carbons (Fsp3) is 0. The van der Waals surface area contributed by atoms with Crippen LogP contribution in [0.4, 0.5) is 0 Å². The third kappa shape index (κ3) is 451. The van der Waals surface area contributed by atoms with Crippen LogP contribution in [0.1, 0.15) is 0 Å². The van der Waals surface area contributed by atoms with E-state index in [1.165, 1.54) is 0 Å². The minimum Gasteiger partial charge on any atom is -0.201 e. The molecule has 0 atom stereocenters. The van der Waals surface area contributed by atoms with Crippen LogP contribution >= 0.6 is 0 Å². The van der Waals surface area contributed by atoms with Crippen molar-refractivity contribution >= 4 is 27.3 Å². The topological polar surface area (TPSA) is 121 Å². The summed E-state index contributed by atoms with van der Waals surface area (Å²) < 4.78 is 0. The first-order valence-corrected chi connectivity index (χ1v) is 1.17. The molecule has 0 fully saturated rings. The predicted molar refractivity (Wildman–Crippen MR) is 20.2 cm³/mol. The molecular weight excluding hydrogens is 331 g/mol. The minimum absolute atomic E-state index is 0. The summed E-state index contributed by atoms with van der Waals surface area (Å²) in [6, 6.07) is 0. The SMILES string of the molecule is O=[N+](O)O.O=[N+](O)O.[Pb]. The van der Waals surface area contributed by atoms with Gasteiger partial charge in [-0.05, 0) is 0 Å². The van der Waals surface area contributed by atoms with Gasteiger partial charge in [0.15, 0.2) is 0 Å². The summed E-state index contributed by atoms with van der Waals surface area (Å²) in [5.41, 5.74) is 0. The van der Waals surface area contributed by atoms with E-state index >= 15 is 0 Å². The predicted octanol–water partition coefficient (Wildman–Crippen LogP) is -1.29. The van der Waals surface area contributed by atoms with Crippen molar-refractivity contribution in [3.63, 3.8) is 0 Å². The minimum atomic E-state index is -1.25. The summed E-state index contributed by atoms with van der Waals surface area (Å²) in [5.74, 6) is 0. The molecule has 0 aromatic heterocycles. The second-order valence-corrected chi connectivity index (χ2v) is 0.505. The molecule has 0 aliphatic carbocycles. The van der Waals surface area contributed by atoms with Crippen molar-refractivity contribution < 1.29 is 31.0 Å². The van der Waals surface area contributed by atoms with Crippen LogP contribution in [-0.4, -0.2) is 58.3 Å². The molecule has 0 unspecified atom stereocenters. The molecule has 0 aliphatic rings. The Morgan fingerprint density at radius 1 is 0.778 bits per heavy atom. The average molecular weight is 335 g/mol. The van der Waals surface area contributed by atoms with Crippen molar-refractivity contribution in [2.45, 2.75) is 0 Å². The van der Waals surface area contributed by atoms with Gasteiger partial charge in [-0.1, -0.05) is 0 Å². The standard InChI is InChI=1S/2H2NO3.Pb/c2*2-1(3)4;/h2*(H2,2,3,4);/q2*+1;. The van der Waals surface area contributed by atoms with Crippen LogP contribution in [-0.2, 0) is 0 Å². The Kier molecular flexibility index (Phi) is 18.1. The summed E-state index contributed by atoms with van der Waals surface area (Å²) in [7, 11) is 0. The van der Waals surface area contributed by atoms with Crippen LogP contribution in [0, 0.1) is 9.81 Å². The molecule has 0 rings (SSSR count). The van der Waals surface area contributed by atoms with Gasteiger partial charge in [0.05, 0.1) is 0 Å². The van der Waals surface area contributed by atoms with Crippen molar-refractivity contribution in [1.82, 2.24) is 0 Å². The summed E-state index contributed by atoms with van der Waals surface area (Å²) >= 11 is 0. The largest absolute Gasteiger partial charge is 0.472 e. The maximum absolute atomic E-state index is 8.47. The van der Waals surface area contributed by atoms with E-state index in [9.17, 15) is 0 Å². The fourth-order valence-corrected chi connectivity index (χ4v) is 0. The maximum atomic E-state index is 8.47. The Hall–Kier alpha value is -0.678. The van der Waals surface area contributed by atoms with E-state index in [1.54, 1.807) is 0 Å². The second kappa shape index (κ2) is 10.3. The monoisotopic (exact) mass is 336 g/mol. The van der Waals surface area contributed by atoms with Crippen molar-refractivity contribution in [2.75, 3.05) is 0 Å². The fourth-order valence-electron chi connectivity index (χ4n) is 0. The molecule has 8 nitrogen and oxygen atoms in total. The molecule has 9 heavy (non-hydrogen) atoms. The first-order valence-electron chi connectivity index (χ1n) is 1.17. The third-order valence-corrected chi connectivity index (χ3v) is 0. The van der Waals surface area contributed by atoms with Gasteiger partial charge >= 0.3 is 10.2 Å². The number of hydrogen-bond donors (Lipinski definition) is 4. The van der Waals surface area contributed by atoms with E-state index in [2.05, 4.69) is 0 Å². The van der Waals surface area contributed by atoms with E-state index in [4.69, 9.17) is 30.6 Å². The van der Waals surface area contributed by atoms with E-state index in [0.717, 1.165) is 0 Å². The van der Waals surface area contributed by atoms with Gasteiger partial charge in [0.2, 0.25) is 0 Å². The number of hydrogen-bond acceptors (Lipinski definition) is 2. The second-order valence-electron chi connectivity index (χ2n) is 0.505. The van der Waals surface area contributed by atoms with Crippen LogP contribution in [0.15, 0.2) is 0 Å². The molecule has 9 heteroatoms. The van der Waals surface area contributed by atoms with E-state index in [0.29, 0.717) is 0 Å². The van der Waals surface area contributed by atoms with E-state index < -0.39 is 10.2 Å². The first kappa shape index (κ1) is 15.8. The third-order valence-electron chi connectivity index (χ3n) is 0. The Labute approximate surface area is 68.5 Å². The first-order chi connectivity index (χ1) is 3.46. The summed E-state index contributed by atoms with van der Waals surface area (Å²) in [5, 5.41) is 25.1. The Bertz CT molecular complexity index is 69.1. The van der Waals surface area contributed by atoms with Gasteiger partial charge in [-0.15, -0.1) is 0 Å². The molecule has 52 valence electrons. The molecule has 0 saturated carbocycles. The van der Waals surface area contributed by atoms with Crippen molar-refractivity contribution in [2.24, 2.45) is 0 Å². The van der Waals surface area contributed by atoms with E-state index in [1.807, 2.05) is 0 Å². The molecule has 0 bridgehead atoms. The summed E-state index contributed by atoms with van der Waals surface area (Å²) in [6.07, 6.45) is 0. The van der Waals surface area contributed by atoms with Crippen molar-refractivity contribution in [3.8, 4) is 0 Å². The quantitative estimate of drug-likeness (QED) is 0.323. The smallest absolute Gasteiger partial charge is 0.201 e. The Morgan fingerprint density at radius 2 is 0.778 bits per heavy atom. The van der Waals surface area contributed by atoms with Gasteiger partial charge in [-0.25, -0.2) is 20.8 Å². The molecule has 0 aromatic carbocycles. The molecule has 0 saturated heterocycles. The zero-order valence-corrected chi connectivity index (χ0v) is 7.89. The van der Waals surface area contributed by atoms with Gasteiger partial charge in [-0.3, -0.25) is 0 Å². The van der Waals surface area contributed by atoms with Crippen LogP contribution in [0.2, 0.25) is 0 Å². The van der Waals surface area contributed by atoms with Gasteiger partial charge in [0, 0.05) is 27.3 Å². The number of rotatable bonds is 0. The molecule has 0 amide bonds. The zero-order valence-electron chi connectivity index (χ0n) is 4.00. The summed E-state index contributed by atoms with van der Waals surface area (Å²) in [6.45, 7) is 0. The van der Waals surface area contributed by atoms with Gasteiger partial charge in [-0.2, -0.15) is 0 Å². The van der Waals surface area contributed by atoms with Crippen molar-refractivity contribution in [3.05, 3.63) is 9.81 Å². The molecule has 0 aliphatic heterocycles. The maximum Gasteiger partial charge on any atom is 0.472 e. The summed E-state index contributed by atoms with van der Waals surface area (Å²) in [4.78, 5) is 16.9. The zero-order chi connectivity index (χ0) is 7.15. The Balaban J connectivity index is -0.0000000720. The molecular formula is H4N2O6Pb+2. The molecule has 4 N–H and O–H groups in total. The van der Waals surface area contributed by atoms with Gasteiger partial charge < -0.3 is 0 Å². The Morgan fingerprint density at radius 3 is 0.778 bits per heavy atom. The molecule has 0 spiro atoms. The van der Waals surface area contributed by atoms with Crippen LogP contribution in [0.5, 0.6) is 0 Å². The van der Waals surface area contributed by atoms with E-state index in [-0.39, 0.29) is 27.3 Å². The van der Waals surface area contributed by atoms with Crippen LogP contribution < -0.4 is 0 Å². The normalized spacial score (nSPS) is 5.33. The van der Waals surface area contributed by atoms with Crippen molar-refractivity contribution in [1.29, 1.82) is 0 Å². The van der Waals surface area contributed by atoms with Gasteiger partial charge in [0.25, 0.3) is 0 Å². The van der Waals surface area contributed by atoms with Gasteiger partial charge in [0.1, 0.15) is 9.81 Å². The average Bonchev–Trinajstić information content (AvgIpc) is 1.25.